The molecule has 9 unspecified atom stereocenters. The van der Waals surface area contributed by atoms with Gasteiger partial charge in [-0.05, 0) is 135 Å². The van der Waals surface area contributed by atoms with E-state index in [0.29, 0.717) is 57.2 Å². The zero-order chi connectivity index (χ0) is 30.7. The summed E-state index contributed by atoms with van der Waals surface area (Å²) in [4.78, 5) is 36.6. The predicted molar refractivity (Wildman–Crippen MR) is 167 cm³/mol. The minimum Gasteiger partial charge on any atom is -0.481 e. The molecule has 4 saturated carbocycles. The first-order valence-corrected chi connectivity index (χ1v) is 16.7. The van der Waals surface area contributed by atoms with Gasteiger partial charge in [0.05, 0.1) is 18.1 Å². The molecular formula is C36H49NO6. The molecule has 43 heavy (non-hydrogen) atoms. The van der Waals surface area contributed by atoms with E-state index in [-0.39, 0.29) is 24.0 Å². The van der Waals surface area contributed by atoms with E-state index in [2.05, 4.69) is 26.1 Å². The first kappa shape index (κ1) is 30.4. The van der Waals surface area contributed by atoms with E-state index in [1.54, 1.807) is 25.1 Å². The fraction of sp³-hybridized carbons (Fsp3) is 0.694. The summed E-state index contributed by atoms with van der Waals surface area (Å²) in [5, 5.41) is 23.1. The van der Waals surface area contributed by atoms with Gasteiger partial charge in [0, 0.05) is 23.6 Å². The Morgan fingerprint density at radius 3 is 2.56 bits per heavy atom. The van der Waals surface area contributed by atoms with Gasteiger partial charge in [-0.1, -0.05) is 20.8 Å². The molecule has 0 saturated heterocycles. The highest BCUT2D eigenvalue weighted by Crippen LogP contribution is 2.68. The molecule has 9 atom stereocenters. The van der Waals surface area contributed by atoms with Crippen LogP contribution in [0.5, 0.6) is 0 Å². The number of nitrogens with one attached hydrogen (secondary N) is 1. The van der Waals surface area contributed by atoms with Crippen LogP contribution in [0.3, 0.4) is 0 Å². The Morgan fingerprint density at radius 1 is 1.05 bits per heavy atom. The Bertz CT molecular complexity index is 1460. The van der Waals surface area contributed by atoms with Crippen LogP contribution in [0.4, 0.5) is 5.69 Å². The largest absolute Gasteiger partial charge is 0.481 e. The maximum Gasteiger partial charge on any atom is 0.340 e. The number of benzene rings is 1. The molecule has 4 fully saturated rings. The van der Waals surface area contributed by atoms with E-state index in [0.717, 1.165) is 37.0 Å². The number of anilines is 1. The molecule has 0 spiro atoms. The van der Waals surface area contributed by atoms with Gasteiger partial charge in [-0.3, -0.25) is 9.59 Å². The summed E-state index contributed by atoms with van der Waals surface area (Å²) in [7, 11) is 0. The van der Waals surface area contributed by atoms with Crippen molar-refractivity contribution in [3.05, 3.63) is 39.7 Å². The van der Waals surface area contributed by atoms with Gasteiger partial charge in [0.2, 0.25) is 5.91 Å². The zero-order valence-corrected chi connectivity index (χ0v) is 26.3. The lowest BCUT2D eigenvalue weighted by molar-refractivity contribution is -0.136. The average Bonchev–Trinajstić information content (AvgIpc) is 3.31. The molecule has 7 heteroatoms. The first-order valence-electron chi connectivity index (χ1n) is 16.7. The van der Waals surface area contributed by atoms with Crippen molar-refractivity contribution in [3.63, 3.8) is 0 Å². The highest BCUT2D eigenvalue weighted by atomic mass is 16.4. The number of aliphatic hydroxyl groups excluding tert-OH is 1. The topological polar surface area (TPSA) is 117 Å². The number of carboxylic acid groups (broad SMARTS) is 1. The predicted octanol–water partition coefficient (Wildman–Crippen LogP) is 7.10. The first-order chi connectivity index (χ1) is 20.4. The van der Waals surface area contributed by atoms with Crippen LogP contribution in [0.25, 0.3) is 11.0 Å². The minimum atomic E-state index is -1.08. The van der Waals surface area contributed by atoms with Crippen LogP contribution in [0.2, 0.25) is 0 Å². The number of aryl methyl sites for hydroxylation is 1. The summed E-state index contributed by atoms with van der Waals surface area (Å²) in [6.45, 7) is 9.19. The summed E-state index contributed by atoms with van der Waals surface area (Å²) < 4.78 is 5.42. The molecule has 1 amide bonds. The number of carbonyl (C=O) groups excluding carboxylic acids is 1. The summed E-state index contributed by atoms with van der Waals surface area (Å²) in [5.74, 6) is 3.08. The van der Waals surface area contributed by atoms with Crippen LogP contribution >= 0.6 is 0 Å². The summed E-state index contributed by atoms with van der Waals surface area (Å²) in [6, 6.07) is 5.21. The third kappa shape index (κ3) is 5.34. The lowest BCUT2D eigenvalue weighted by Crippen LogP contribution is -2.54. The smallest absolute Gasteiger partial charge is 0.340 e. The second-order valence-corrected chi connectivity index (χ2v) is 15.2. The number of hydrogen-bond acceptors (Lipinski definition) is 5. The number of aliphatic carboxylic acids is 1. The Labute approximate surface area is 254 Å². The molecule has 3 N–H and O–H groups in total. The molecule has 0 aliphatic heterocycles. The van der Waals surface area contributed by atoms with E-state index in [1.807, 2.05) is 0 Å². The second-order valence-electron chi connectivity index (χ2n) is 15.2. The van der Waals surface area contributed by atoms with Crippen molar-refractivity contribution in [1.82, 2.24) is 0 Å². The molecule has 4 aliphatic rings. The Hall–Kier alpha value is -2.67. The van der Waals surface area contributed by atoms with Crippen molar-refractivity contribution in [2.24, 2.45) is 46.3 Å². The average molecular weight is 592 g/mol. The number of rotatable bonds is 7. The SMILES string of the molecule is Cc1c(CC(=O)O)c(=O)oc2cc(NC(=O)CCC(C)C3CCC4C5CCC6CC(O)CCC6(C)C5CCC34C)ccc12. The summed E-state index contributed by atoms with van der Waals surface area (Å²) in [6.07, 6.45) is 11.8. The molecule has 2 aromatic rings. The van der Waals surface area contributed by atoms with Crippen LogP contribution in [0.1, 0.15) is 103 Å². The molecular weight excluding hydrogens is 542 g/mol. The summed E-state index contributed by atoms with van der Waals surface area (Å²) in [5.41, 5.74) is 1.76. The van der Waals surface area contributed by atoms with Crippen LogP contribution in [0.15, 0.2) is 27.4 Å². The third-order valence-electron chi connectivity index (χ3n) is 13.1. The van der Waals surface area contributed by atoms with Gasteiger partial charge in [-0.15, -0.1) is 0 Å². The monoisotopic (exact) mass is 591 g/mol. The van der Waals surface area contributed by atoms with Gasteiger partial charge in [0.15, 0.2) is 0 Å². The lowest BCUT2D eigenvalue weighted by atomic mass is 9.44. The number of hydrogen-bond donors (Lipinski definition) is 3. The van der Waals surface area contributed by atoms with E-state index in [4.69, 9.17) is 9.52 Å². The molecule has 0 bridgehead atoms. The quantitative estimate of drug-likeness (QED) is 0.296. The Kier molecular flexibility index (Phi) is 8.02. The van der Waals surface area contributed by atoms with Crippen molar-refractivity contribution in [3.8, 4) is 0 Å². The van der Waals surface area contributed by atoms with E-state index in [1.165, 1.54) is 44.9 Å². The standard InChI is InChI=1S/C36H49NO6/c1-20(5-12-32(39)37-23-7-9-25-21(2)27(19-33(40)41)34(42)43-31(25)18-23)28-10-11-29-26-8-6-22-17-24(38)13-15-35(22,3)30(26)14-16-36(28,29)4/h7,9,18,20,22,24,26,28-30,38H,5-6,8,10-17,19H2,1-4H3,(H,37,39)(H,40,41). The maximum atomic E-state index is 13.0. The van der Waals surface area contributed by atoms with Crippen LogP contribution in [0, 0.1) is 53.3 Å². The molecule has 6 rings (SSSR count). The van der Waals surface area contributed by atoms with Gasteiger partial charge in [-0.25, -0.2) is 4.79 Å². The molecule has 0 radical (unpaired) electrons. The highest BCUT2D eigenvalue weighted by molar-refractivity contribution is 5.94. The van der Waals surface area contributed by atoms with Crippen molar-refractivity contribution < 1.29 is 24.2 Å². The highest BCUT2D eigenvalue weighted by Gasteiger charge is 2.60. The zero-order valence-electron chi connectivity index (χ0n) is 26.3. The van der Waals surface area contributed by atoms with E-state index < -0.39 is 11.6 Å². The molecule has 1 heterocycles. The van der Waals surface area contributed by atoms with Crippen LogP contribution in [-0.4, -0.2) is 28.2 Å². The molecule has 1 aromatic heterocycles. The van der Waals surface area contributed by atoms with Gasteiger partial charge >= 0.3 is 11.6 Å². The summed E-state index contributed by atoms with van der Waals surface area (Å²) >= 11 is 0. The minimum absolute atomic E-state index is 0.0399. The maximum absolute atomic E-state index is 13.0. The molecule has 1 aromatic carbocycles. The fourth-order valence-corrected chi connectivity index (χ4v) is 10.8. The second kappa shape index (κ2) is 11.4. The van der Waals surface area contributed by atoms with Crippen LogP contribution < -0.4 is 10.9 Å². The van der Waals surface area contributed by atoms with Gasteiger partial charge in [-0.2, -0.15) is 0 Å². The van der Waals surface area contributed by atoms with Crippen LogP contribution in [-0.2, 0) is 16.0 Å². The Balaban J connectivity index is 1.08. The fourth-order valence-electron chi connectivity index (χ4n) is 10.8. The molecule has 7 nitrogen and oxygen atoms in total. The number of fused-ring (bicyclic) bond motifs is 6. The van der Waals surface area contributed by atoms with Crippen molar-refractivity contribution in [2.45, 2.75) is 111 Å². The van der Waals surface area contributed by atoms with E-state index in [9.17, 15) is 19.5 Å². The number of carbonyl (C=O) groups is 2. The normalized spacial score (nSPS) is 35.9. The molecule has 4 aliphatic carbocycles. The number of amides is 1. The van der Waals surface area contributed by atoms with E-state index >= 15 is 0 Å². The number of carboxylic acids is 1. The van der Waals surface area contributed by atoms with Crippen molar-refractivity contribution in [2.75, 3.05) is 5.32 Å². The van der Waals surface area contributed by atoms with Gasteiger partial charge < -0.3 is 19.9 Å². The van der Waals surface area contributed by atoms with Crippen molar-refractivity contribution >= 4 is 28.5 Å². The van der Waals surface area contributed by atoms with Crippen molar-refractivity contribution in [1.29, 1.82) is 0 Å². The van der Waals surface area contributed by atoms with Gasteiger partial charge in [0.1, 0.15) is 5.58 Å². The van der Waals surface area contributed by atoms with Gasteiger partial charge in [0.25, 0.3) is 0 Å². The molecule has 234 valence electrons. The lowest BCUT2D eigenvalue weighted by Gasteiger charge is -2.61. The Morgan fingerprint density at radius 2 is 1.79 bits per heavy atom. The third-order valence-corrected chi connectivity index (χ3v) is 13.1. The number of aliphatic hydroxyl groups is 1.